The molecule has 3 aliphatic heterocycles. The number of nitrogens with zero attached hydrogens (tertiary/aromatic N) is 2. The van der Waals surface area contributed by atoms with Gasteiger partial charge in [-0.2, -0.15) is 4.73 Å². The number of carbonyl (C=O) groups is 3. The van der Waals surface area contributed by atoms with Gasteiger partial charge in [0.25, 0.3) is 5.91 Å². The number of pyridine rings is 1. The Morgan fingerprint density at radius 1 is 1.00 bits per heavy atom. The number of aliphatic carboxylic acids is 1. The van der Waals surface area contributed by atoms with Gasteiger partial charge in [-0.1, -0.05) is 47.5 Å². The summed E-state index contributed by atoms with van der Waals surface area (Å²) in [5.74, 6) is -2.39. The highest BCUT2D eigenvalue weighted by Gasteiger charge is 2.54. The van der Waals surface area contributed by atoms with Gasteiger partial charge >= 0.3 is 11.9 Å². The average molecular weight is 782 g/mol. The molecule has 1 amide bonds. The number of benzene rings is 3. The highest BCUT2D eigenvalue weighted by molar-refractivity contribution is 6.35. The first kappa shape index (κ1) is 38.6. The second-order valence-corrected chi connectivity index (χ2v) is 14.2. The molecule has 284 valence electrons. The van der Waals surface area contributed by atoms with Crippen molar-refractivity contribution in [3.05, 3.63) is 122 Å². The molecular formula is C39H39Cl2FN4O8. The van der Waals surface area contributed by atoms with Crippen molar-refractivity contribution >= 4 is 46.7 Å². The number of rotatable bonds is 14. The Hall–Kier alpha value is -5.11. The van der Waals surface area contributed by atoms with Crippen LogP contribution in [-0.4, -0.2) is 68.3 Å². The summed E-state index contributed by atoms with van der Waals surface area (Å²) in [4.78, 5) is 42.3. The molecule has 4 heterocycles. The lowest BCUT2D eigenvalue weighted by molar-refractivity contribution is -0.605. The van der Waals surface area contributed by atoms with Crippen LogP contribution in [-0.2, 0) is 26.3 Å². The van der Waals surface area contributed by atoms with E-state index in [2.05, 4.69) is 15.5 Å². The highest BCUT2D eigenvalue weighted by Crippen LogP contribution is 2.46. The van der Waals surface area contributed by atoms with Gasteiger partial charge in [0, 0.05) is 35.7 Å². The quantitative estimate of drug-likeness (QED) is 0.0817. The summed E-state index contributed by atoms with van der Waals surface area (Å²) >= 11 is 12.7. The van der Waals surface area contributed by atoms with Crippen molar-refractivity contribution in [3.63, 3.8) is 0 Å². The van der Waals surface area contributed by atoms with Gasteiger partial charge in [0.15, 0.2) is 29.4 Å². The number of carboxylic acids is 1. The number of nitrogens with one attached hydrogen (secondary N) is 2. The van der Waals surface area contributed by atoms with Gasteiger partial charge in [-0.25, -0.2) is 9.18 Å². The Morgan fingerprint density at radius 2 is 1.69 bits per heavy atom. The lowest BCUT2D eigenvalue weighted by Crippen LogP contribution is -2.60. The number of methoxy groups -OCH3 is 2. The van der Waals surface area contributed by atoms with Crippen LogP contribution in [0.5, 0.6) is 11.5 Å². The maximum Gasteiger partial charge on any atom is 0.334 e. The average Bonchev–Trinajstić information content (AvgIpc) is 3.17. The summed E-state index contributed by atoms with van der Waals surface area (Å²) in [5.41, 5.74) is 0.171. The Kier molecular flexibility index (Phi) is 11.8. The summed E-state index contributed by atoms with van der Waals surface area (Å²) < 4.78 is 31.1. The Labute approximate surface area is 321 Å². The third-order valence-corrected chi connectivity index (χ3v) is 10.9. The first-order valence-corrected chi connectivity index (χ1v) is 18.0. The van der Waals surface area contributed by atoms with Crippen molar-refractivity contribution in [1.82, 2.24) is 10.2 Å². The predicted octanol–water partition coefficient (Wildman–Crippen LogP) is 5.77. The maximum atomic E-state index is 14.0. The molecule has 54 heavy (non-hydrogen) atoms. The number of aromatic nitrogens is 1. The van der Waals surface area contributed by atoms with Gasteiger partial charge < -0.3 is 40.1 Å². The number of esters is 1. The van der Waals surface area contributed by atoms with Gasteiger partial charge in [-0.05, 0) is 85.4 Å². The molecule has 3 aromatic carbocycles. The SMILES string of the molecule is COc1ccc(C(Cc2c(Cl)c[n+]([O-])cc2Cl)OC(=O)CNC(=O)c2cccc(NC(C(=O)O)(c3ccc(F)cc3)[C@H]3CN4CCC3CC4)c2)cc1OC. The van der Waals surface area contributed by atoms with Gasteiger partial charge in [0.05, 0.1) is 14.2 Å². The van der Waals surface area contributed by atoms with E-state index in [-0.39, 0.29) is 33.9 Å². The molecule has 3 fully saturated rings. The molecule has 0 aliphatic carbocycles. The van der Waals surface area contributed by atoms with Crippen molar-refractivity contribution in [2.45, 2.75) is 30.9 Å². The Balaban J connectivity index is 1.21. The molecule has 15 heteroatoms. The zero-order valence-electron chi connectivity index (χ0n) is 29.5. The van der Waals surface area contributed by atoms with Crippen LogP contribution < -0.4 is 24.8 Å². The summed E-state index contributed by atoms with van der Waals surface area (Å²) in [7, 11) is 2.94. The molecule has 3 N–H and O–H groups in total. The van der Waals surface area contributed by atoms with Crippen molar-refractivity contribution in [2.75, 3.05) is 45.7 Å². The van der Waals surface area contributed by atoms with E-state index in [1.54, 1.807) is 30.3 Å². The minimum Gasteiger partial charge on any atom is -0.619 e. The van der Waals surface area contributed by atoms with E-state index in [1.807, 2.05) is 0 Å². The van der Waals surface area contributed by atoms with Gasteiger partial charge in [0.2, 0.25) is 0 Å². The van der Waals surface area contributed by atoms with E-state index in [0.717, 1.165) is 38.3 Å². The van der Waals surface area contributed by atoms with Crippen molar-refractivity contribution in [3.8, 4) is 11.5 Å². The van der Waals surface area contributed by atoms with Gasteiger partial charge in [-0.15, -0.1) is 0 Å². The number of fused-ring (bicyclic) bond motifs is 3. The topological polar surface area (TPSA) is 153 Å². The molecule has 0 spiro atoms. The van der Waals surface area contributed by atoms with Crippen LogP contribution in [0.4, 0.5) is 10.1 Å². The number of carbonyl (C=O) groups excluding carboxylic acids is 2. The Bertz CT molecular complexity index is 2010. The fourth-order valence-electron chi connectivity index (χ4n) is 7.50. The van der Waals surface area contributed by atoms with E-state index < -0.39 is 41.9 Å². The number of hydrogen-bond acceptors (Lipinski definition) is 9. The van der Waals surface area contributed by atoms with Crippen LogP contribution in [0.25, 0.3) is 0 Å². The van der Waals surface area contributed by atoms with Crippen LogP contribution in [0.15, 0.2) is 79.1 Å². The number of ether oxygens (including phenoxy) is 3. The third-order valence-electron chi connectivity index (χ3n) is 10.2. The lowest BCUT2D eigenvalue weighted by atomic mass is 9.65. The molecular weight excluding hydrogens is 742 g/mol. The van der Waals surface area contributed by atoms with Crippen LogP contribution in [0, 0.1) is 22.9 Å². The van der Waals surface area contributed by atoms with E-state index in [0.29, 0.717) is 45.2 Å². The van der Waals surface area contributed by atoms with Gasteiger partial charge in [0.1, 0.15) is 28.5 Å². The van der Waals surface area contributed by atoms with Crippen LogP contribution in [0.1, 0.15) is 46.0 Å². The van der Waals surface area contributed by atoms with E-state index in [4.69, 9.17) is 37.4 Å². The summed E-state index contributed by atoms with van der Waals surface area (Å²) in [6, 6.07) is 16.7. The molecule has 3 saturated heterocycles. The maximum absolute atomic E-state index is 14.0. The zero-order chi connectivity index (χ0) is 38.6. The number of hydrogen-bond donors (Lipinski definition) is 3. The highest BCUT2D eigenvalue weighted by atomic mass is 35.5. The molecule has 0 saturated carbocycles. The molecule has 7 rings (SSSR count). The molecule has 2 bridgehead atoms. The molecule has 3 aliphatic rings. The van der Waals surface area contributed by atoms with Crippen LogP contribution in [0.3, 0.4) is 0 Å². The minimum atomic E-state index is -1.62. The molecule has 12 nitrogen and oxygen atoms in total. The van der Waals surface area contributed by atoms with Gasteiger partial charge in [-0.3, -0.25) is 9.59 Å². The summed E-state index contributed by atoms with van der Waals surface area (Å²) in [6.45, 7) is 1.81. The fourth-order valence-corrected chi connectivity index (χ4v) is 8.09. The van der Waals surface area contributed by atoms with Crippen molar-refractivity contribution in [2.24, 2.45) is 11.8 Å². The molecule has 0 radical (unpaired) electrons. The molecule has 2 unspecified atom stereocenters. The smallest absolute Gasteiger partial charge is 0.334 e. The number of anilines is 1. The standard InChI is InChI=1S/C39H39Cl2FN4O8/c1-52-33-11-6-24(17-35(33)53-2)34(18-29-31(40)21-46(51)22-32(29)41)54-36(47)19-43-37(48)25-4-3-5-28(16-25)44-39(38(49)50,26-7-9-27(42)10-8-26)30-20-45-14-12-23(30)13-15-45/h3-11,16-17,21-23,30,34,44H,12-15,18-20H2,1-2H3,(H,43,48)(H,49,50)/t30-,34?,39?/m0/s1. The van der Waals surface area contributed by atoms with E-state index in [1.165, 1.54) is 50.6 Å². The van der Waals surface area contributed by atoms with Crippen LogP contribution in [0.2, 0.25) is 10.0 Å². The zero-order valence-corrected chi connectivity index (χ0v) is 31.0. The van der Waals surface area contributed by atoms with E-state index >= 15 is 0 Å². The molecule has 4 aromatic rings. The lowest BCUT2D eigenvalue weighted by Gasteiger charge is -2.52. The van der Waals surface area contributed by atoms with Crippen molar-refractivity contribution in [1.29, 1.82) is 0 Å². The fraction of sp³-hybridized carbons (Fsp3) is 0.333. The molecule has 1 aromatic heterocycles. The Morgan fingerprint density at radius 3 is 2.30 bits per heavy atom. The third kappa shape index (κ3) is 8.18. The predicted molar refractivity (Wildman–Crippen MR) is 198 cm³/mol. The number of amides is 1. The monoisotopic (exact) mass is 780 g/mol. The molecule has 3 atom stereocenters. The number of halogens is 3. The minimum absolute atomic E-state index is 0.0135. The van der Waals surface area contributed by atoms with Crippen LogP contribution >= 0.6 is 23.2 Å². The number of carboxylic acid groups (broad SMARTS) is 1. The number of piperidine rings is 3. The summed E-state index contributed by atoms with van der Waals surface area (Å²) in [5, 5.41) is 28.7. The second-order valence-electron chi connectivity index (χ2n) is 13.3. The first-order chi connectivity index (χ1) is 25.9. The first-order valence-electron chi connectivity index (χ1n) is 17.3. The summed E-state index contributed by atoms with van der Waals surface area (Å²) in [6.07, 6.45) is 2.98. The normalized spacial score (nSPS) is 19.2. The van der Waals surface area contributed by atoms with E-state index in [9.17, 15) is 29.1 Å². The second kappa shape index (κ2) is 16.5. The largest absolute Gasteiger partial charge is 0.619 e. The van der Waals surface area contributed by atoms with Crippen molar-refractivity contribution < 1.29 is 42.8 Å².